The van der Waals surface area contributed by atoms with E-state index in [-0.39, 0.29) is 23.8 Å². The van der Waals surface area contributed by atoms with Crippen molar-refractivity contribution in [3.63, 3.8) is 0 Å². The molecule has 0 spiro atoms. The van der Waals surface area contributed by atoms with Crippen LogP contribution in [0.1, 0.15) is 39.2 Å². The smallest absolute Gasteiger partial charge is 0.340 e. The molecule has 0 saturated carbocycles. The van der Waals surface area contributed by atoms with E-state index in [9.17, 15) is 9.59 Å². The molecule has 1 aromatic carbocycles. The fourth-order valence-corrected chi connectivity index (χ4v) is 2.96. The van der Waals surface area contributed by atoms with Gasteiger partial charge in [-0.15, -0.1) is 0 Å². The second-order valence-electron chi connectivity index (χ2n) is 5.53. The van der Waals surface area contributed by atoms with Crippen LogP contribution in [0.2, 0.25) is 0 Å². The number of para-hydroxylation sites is 1. The third-order valence-electron chi connectivity index (χ3n) is 3.89. The molecule has 0 fully saturated rings. The van der Waals surface area contributed by atoms with E-state index >= 15 is 0 Å². The van der Waals surface area contributed by atoms with Crippen molar-refractivity contribution >= 4 is 11.8 Å². The van der Waals surface area contributed by atoms with E-state index in [0.29, 0.717) is 29.3 Å². The first kappa shape index (κ1) is 18.6. The standard InChI is InChI=1S/C19H23NO5/c1-5-23-14-10-8-7-9-13(14)16-15(11(3)21)12(4)25-18(20)17(16)19(22)24-6-2/h7-10,16H,5-6,20H2,1-4H3/t16-/m0/s1. The third-order valence-corrected chi connectivity index (χ3v) is 3.89. The molecule has 1 aliphatic heterocycles. The lowest BCUT2D eigenvalue weighted by Crippen LogP contribution is -2.29. The Morgan fingerprint density at radius 1 is 1.16 bits per heavy atom. The maximum atomic E-state index is 12.5. The number of rotatable bonds is 6. The van der Waals surface area contributed by atoms with Crippen molar-refractivity contribution in [1.82, 2.24) is 0 Å². The zero-order valence-corrected chi connectivity index (χ0v) is 14.9. The Morgan fingerprint density at radius 3 is 2.44 bits per heavy atom. The highest BCUT2D eigenvalue weighted by Crippen LogP contribution is 2.43. The maximum Gasteiger partial charge on any atom is 0.340 e. The van der Waals surface area contributed by atoms with Gasteiger partial charge in [0.15, 0.2) is 5.78 Å². The van der Waals surface area contributed by atoms with E-state index in [1.165, 1.54) is 6.92 Å². The molecule has 2 rings (SSSR count). The van der Waals surface area contributed by atoms with E-state index < -0.39 is 11.9 Å². The molecule has 25 heavy (non-hydrogen) atoms. The van der Waals surface area contributed by atoms with Crippen molar-refractivity contribution in [3.05, 3.63) is 52.6 Å². The highest BCUT2D eigenvalue weighted by Gasteiger charge is 2.39. The van der Waals surface area contributed by atoms with Crippen LogP contribution in [-0.4, -0.2) is 25.0 Å². The first-order chi connectivity index (χ1) is 11.9. The summed E-state index contributed by atoms with van der Waals surface area (Å²) in [5.41, 5.74) is 7.14. The summed E-state index contributed by atoms with van der Waals surface area (Å²) in [4.78, 5) is 24.8. The molecule has 2 N–H and O–H groups in total. The molecule has 1 atom stereocenters. The van der Waals surface area contributed by atoms with Gasteiger partial charge >= 0.3 is 5.97 Å². The Hall–Kier alpha value is -2.76. The lowest BCUT2D eigenvalue weighted by atomic mass is 9.80. The normalized spacial score (nSPS) is 17.2. The molecule has 0 unspecified atom stereocenters. The van der Waals surface area contributed by atoms with Crippen LogP contribution in [0.15, 0.2) is 47.1 Å². The Balaban J connectivity index is 2.70. The molecule has 1 aromatic rings. The van der Waals surface area contributed by atoms with Crippen molar-refractivity contribution < 1.29 is 23.8 Å². The van der Waals surface area contributed by atoms with E-state index in [1.807, 2.05) is 25.1 Å². The molecular weight excluding hydrogens is 322 g/mol. The molecule has 0 aromatic heterocycles. The molecule has 1 heterocycles. The third kappa shape index (κ3) is 3.68. The van der Waals surface area contributed by atoms with Crippen molar-refractivity contribution in [1.29, 1.82) is 0 Å². The molecule has 0 saturated heterocycles. The second-order valence-corrected chi connectivity index (χ2v) is 5.53. The average molecular weight is 345 g/mol. The fourth-order valence-electron chi connectivity index (χ4n) is 2.96. The topological polar surface area (TPSA) is 87.9 Å². The van der Waals surface area contributed by atoms with E-state index in [4.69, 9.17) is 19.9 Å². The fraction of sp³-hybridized carbons (Fsp3) is 0.368. The van der Waals surface area contributed by atoms with Crippen LogP contribution in [0.4, 0.5) is 0 Å². The largest absolute Gasteiger partial charge is 0.494 e. The first-order valence-electron chi connectivity index (χ1n) is 8.20. The van der Waals surface area contributed by atoms with Gasteiger partial charge in [0.25, 0.3) is 0 Å². The highest BCUT2D eigenvalue weighted by atomic mass is 16.5. The summed E-state index contributed by atoms with van der Waals surface area (Å²) >= 11 is 0. The van der Waals surface area contributed by atoms with E-state index in [2.05, 4.69) is 0 Å². The first-order valence-corrected chi connectivity index (χ1v) is 8.20. The Kier molecular flexibility index (Phi) is 5.85. The van der Waals surface area contributed by atoms with Gasteiger partial charge < -0.3 is 19.9 Å². The van der Waals surface area contributed by atoms with Gasteiger partial charge in [0.05, 0.1) is 19.1 Å². The van der Waals surface area contributed by atoms with Crippen LogP contribution in [0, 0.1) is 0 Å². The van der Waals surface area contributed by atoms with Crippen LogP contribution in [0.5, 0.6) is 5.75 Å². The number of hydrogen-bond donors (Lipinski definition) is 1. The van der Waals surface area contributed by atoms with E-state index in [0.717, 1.165) is 0 Å². The number of carbonyl (C=O) groups is 2. The van der Waals surface area contributed by atoms with Crippen molar-refractivity contribution in [2.24, 2.45) is 5.73 Å². The molecular formula is C19H23NO5. The van der Waals surface area contributed by atoms with Crippen molar-refractivity contribution in [2.45, 2.75) is 33.6 Å². The summed E-state index contributed by atoms with van der Waals surface area (Å²) in [6, 6.07) is 7.25. The van der Waals surface area contributed by atoms with Gasteiger partial charge in [0, 0.05) is 11.1 Å². The van der Waals surface area contributed by atoms with Gasteiger partial charge in [-0.05, 0) is 33.8 Å². The van der Waals surface area contributed by atoms with Gasteiger partial charge in [-0.1, -0.05) is 18.2 Å². The minimum atomic E-state index is -0.701. The molecule has 6 heteroatoms. The Morgan fingerprint density at radius 2 is 1.84 bits per heavy atom. The number of benzene rings is 1. The SMILES string of the molecule is CCOC(=O)C1=C(N)OC(C)=C(C(C)=O)[C@@H]1c1ccccc1OCC. The number of allylic oxidation sites excluding steroid dienone is 2. The number of carbonyl (C=O) groups excluding carboxylic acids is 2. The number of esters is 1. The molecule has 134 valence electrons. The molecule has 6 nitrogen and oxygen atoms in total. The Labute approximate surface area is 147 Å². The predicted octanol–water partition coefficient (Wildman–Crippen LogP) is 2.80. The van der Waals surface area contributed by atoms with Crippen LogP contribution in [0.25, 0.3) is 0 Å². The number of hydrogen-bond acceptors (Lipinski definition) is 6. The van der Waals surface area contributed by atoms with Crippen LogP contribution >= 0.6 is 0 Å². The number of nitrogens with two attached hydrogens (primary N) is 1. The molecule has 0 radical (unpaired) electrons. The number of ketones is 1. The molecule has 0 aliphatic carbocycles. The minimum absolute atomic E-state index is 0.0581. The maximum absolute atomic E-state index is 12.5. The zero-order chi connectivity index (χ0) is 18.6. The highest BCUT2D eigenvalue weighted by molar-refractivity contribution is 6.01. The minimum Gasteiger partial charge on any atom is -0.494 e. The Bertz CT molecular complexity index is 748. The van der Waals surface area contributed by atoms with Crippen LogP contribution < -0.4 is 10.5 Å². The monoisotopic (exact) mass is 345 g/mol. The summed E-state index contributed by atoms with van der Waals surface area (Å²) < 4.78 is 16.3. The van der Waals surface area contributed by atoms with Gasteiger partial charge in [-0.3, -0.25) is 4.79 Å². The predicted molar refractivity (Wildman–Crippen MR) is 92.7 cm³/mol. The summed E-state index contributed by atoms with van der Waals surface area (Å²) in [7, 11) is 0. The molecule has 0 bridgehead atoms. The summed E-state index contributed by atoms with van der Waals surface area (Å²) in [6.45, 7) is 7.29. The average Bonchev–Trinajstić information content (AvgIpc) is 2.54. The van der Waals surface area contributed by atoms with Gasteiger partial charge in [-0.2, -0.15) is 0 Å². The van der Waals surface area contributed by atoms with Crippen molar-refractivity contribution in [3.8, 4) is 5.75 Å². The van der Waals surface area contributed by atoms with Gasteiger partial charge in [-0.25, -0.2) is 4.79 Å². The zero-order valence-electron chi connectivity index (χ0n) is 14.9. The van der Waals surface area contributed by atoms with Gasteiger partial charge in [0.1, 0.15) is 17.1 Å². The lowest BCUT2D eigenvalue weighted by Gasteiger charge is -2.29. The summed E-state index contributed by atoms with van der Waals surface area (Å²) in [5.74, 6) is -0.622. The summed E-state index contributed by atoms with van der Waals surface area (Å²) in [6.07, 6.45) is 0. The van der Waals surface area contributed by atoms with Crippen LogP contribution in [0.3, 0.4) is 0 Å². The van der Waals surface area contributed by atoms with Crippen LogP contribution in [-0.2, 0) is 19.1 Å². The number of Topliss-reactive ketones (excluding diaryl/α,β-unsaturated/α-hetero) is 1. The second kappa shape index (κ2) is 7.88. The quantitative estimate of drug-likeness (QED) is 0.798. The van der Waals surface area contributed by atoms with Gasteiger partial charge in [0.2, 0.25) is 5.88 Å². The van der Waals surface area contributed by atoms with Crippen molar-refractivity contribution in [2.75, 3.05) is 13.2 Å². The lowest BCUT2D eigenvalue weighted by molar-refractivity contribution is -0.139. The molecule has 1 aliphatic rings. The van der Waals surface area contributed by atoms with E-state index in [1.54, 1.807) is 19.9 Å². The number of ether oxygens (including phenoxy) is 3. The molecule has 0 amide bonds. The summed E-state index contributed by atoms with van der Waals surface area (Å²) in [5, 5.41) is 0.